The van der Waals surface area contributed by atoms with Crippen molar-refractivity contribution < 1.29 is 87.6 Å². The molecular formula is C50H42F9N7O6RuS2. The van der Waals surface area contributed by atoms with Gasteiger partial charge in [0.05, 0.1) is 35.6 Å². The maximum atomic E-state index is 12.7. The molecule has 396 valence electrons. The third-order valence-corrected chi connectivity index (χ3v) is 10.8. The topological polar surface area (TPSA) is 180 Å². The Morgan fingerprint density at radius 1 is 0.680 bits per heavy atom. The van der Waals surface area contributed by atoms with Crippen LogP contribution in [-0.2, 0) is 55.9 Å². The average molecular weight is 1170 g/mol. The smallest absolute Gasteiger partial charge is 0.753 e. The summed E-state index contributed by atoms with van der Waals surface area (Å²) in [6.07, 6.45) is -0.329. The second-order valence-electron chi connectivity index (χ2n) is 15.2. The predicted molar refractivity (Wildman–Crippen MR) is 261 cm³/mol. The van der Waals surface area contributed by atoms with Gasteiger partial charge in [-0.3, -0.25) is 29.3 Å². The summed E-state index contributed by atoms with van der Waals surface area (Å²) in [5, 5.41) is 15.3. The van der Waals surface area contributed by atoms with Gasteiger partial charge in [0.2, 0.25) is 0 Å². The summed E-state index contributed by atoms with van der Waals surface area (Å²) < 4.78 is 128. The van der Waals surface area contributed by atoms with Crippen molar-refractivity contribution in [2.45, 2.75) is 83.2 Å². The van der Waals surface area contributed by atoms with Crippen LogP contribution in [0.15, 0.2) is 96.8 Å². The fourth-order valence-corrected chi connectivity index (χ4v) is 7.33. The molecule has 0 bridgehead atoms. The molecule has 0 aliphatic carbocycles. The van der Waals surface area contributed by atoms with Gasteiger partial charge in [-0.15, -0.1) is 11.3 Å². The van der Waals surface area contributed by atoms with Gasteiger partial charge in [-0.2, -0.15) is 44.7 Å². The van der Waals surface area contributed by atoms with Crippen molar-refractivity contribution in [2.75, 3.05) is 0 Å². The van der Waals surface area contributed by atoms with E-state index in [2.05, 4.69) is 70.9 Å². The molecule has 6 heterocycles. The van der Waals surface area contributed by atoms with E-state index in [4.69, 9.17) is 10.1 Å². The van der Waals surface area contributed by atoms with Gasteiger partial charge < -0.3 is 29.8 Å². The van der Waals surface area contributed by atoms with Crippen LogP contribution in [0.1, 0.15) is 90.4 Å². The zero-order valence-corrected chi connectivity index (χ0v) is 42.5. The number of unbranched alkanes of at least 4 members (excludes halogenated alkanes) is 3. The Balaban J connectivity index is 0.000000399. The predicted octanol–water partition coefficient (Wildman–Crippen LogP) is 13.6. The molecule has 0 saturated carbocycles. The van der Waals surface area contributed by atoms with E-state index in [1.165, 1.54) is 96.7 Å². The maximum absolute atomic E-state index is 12.7. The SMILES string of the molecule is CCCCCCc1ccc(/C=C/c2ccnc(-c3cc(C(F)(F)F)n[n-]3)c2)s1.O=CO/C(=C/c1ccnc(-c2cc(OC=O)cc(-c3cc(/C=C(\CCC(F)(F)F)OC=O)ccn3)n2)c1)CCC(F)(F)F.[N-]=C=S.[Ru+2]. The Kier molecular flexibility index (Phi) is 25.7. The fourth-order valence-electron chi connectivity index (χ4n) is 6.37. The molecule has 0 aliphatic rings. The van der Waals surface area contributed by atoms with Crippen molar-refractivity contribution in [1.82, 2.24) is 30.1 Å². The summed E-state index contributed by atoms with van der Waals surface area (Å²) in [4.78, 5) is 52.2. The van der Waals surface area contributed by atoms with E-state index in [0.29, 0.717) is 16.8 Å². The van der Waals surface area contributed by atoms with E-state index in [0.717, 1.165) is 22.9 Å². The number of hydrogen-bond donors (Lipinski definition) is 0. The van der Waals surface area contributed by atoms with Gasteiger partial charge >= 0.3 is 38.0 Å². The molecular weight excluding hydrogens is 1130 g/mol. The van der Waals surface area contributed by atoms with Gasteiger partial charge in [-0.25, -0.2) is 4.98 Å². The van der Waals surface area contributed by atoms with E-state index < -0.39 is 49.9 Å². The fraction of sp³-hybridized carbons (Fsp3) is 0.260. The first-order chi connectivity index (χ1) is 35.3. The molecule has 25 heteroatoms. The first-order valence-corrected chi connectivity index (χ1v) is 23.1. The average Bonchev–Trinajstić information content (AvgIpc) is 4.05. The van der Waals surface area contributed by atoms with Gasteiger partial charge in [0.15, 0.2) is 0 Å². The van der Waals surface area contributed by atoms with Crippen LogP contribution in [0.4, 0.5) is 39.5 Å². The number of ether oxygens (including phenoxy) is 3. The van der Waals surface area contributed by atoms with Gasteiger partial charge in [0.25, 0.3) is 19.4 Å². The Labute approximate surface area is 445 Å². The van der Waals surface area contributed by atoms with Crippen molar-refractivity contribution in [3.05, 3.63) is 134 Å². The van der Waals surface area contributed by atoms with Gasteiger partial charge in [-0.1, -0.05) is 50.2 Å². The molecule has 0 amide bonds. The van der Waals surface area contributed by atoms with Crippen LogP contribution >= 0.6 is 23.6 Å². The number of hydrogen-bond acceptors (Lipinski definition) is 13. The van der Waals surface area contributed by atoms with Crippen LogP contribution in [0.25, 0.3) is 63.9 Å². The normalized spacial score (nSPS) is 11.8. The van der Waals surface area contributed by atoms with E-state index in [1.54, 1.807) is 29.7 Å². The Morgan fingerprint density at radius 3 is 1.68 bits per heavy atom. The first-order valence-electron chi connectivity index (χ1n) is 21.9. The summed E-state index contributed by atoms with van der Waals surface area (Å²) >= 11 is 5.47. The monoisotopic (exact) mass is 1170 g/mol. The second-order valence-corrected chi connectivity index (χ2v) is 16.6. The number of aromatic nitrogens is 6. The van der Waals surface area contributed by atoms with Gasteiger partial charge in [0, 0.05) is 59.0 Å². The van der Waals surface area contributed by atoms with Crippen molar-refractivity contribution in [3.8, 4) is 39.9 Å². The molecule has 6 aromatic rings. The number of allylic oxidation sites excluding steroid dienone is 2. The number of halogens is 9. The summed E-state index contributed by atoms with van der Waals surface area (Å²) in [5.41, 5.74) is 1.65. The zero-order chi connectivity index (χ0) is 54.2. The first kappa shape index (κ1) is 62.2. The number of thiocarbonyl (C=S) groups is 1. The van der Waals surface area contributed by atoms with Crippen LogP contribution < -0.4 is 9.84 Å². The minimum absolute atomic E-state index is 0. The molecule has 0 unspecified atom stereocenters. The zero-order valence-electron chi connectivity index (χ0n) is 39.1. The third kappa shape index (κ3) is 22.9. The number of thiophene rings is 1. The van der Waals surface area contributed by atoms with Crippen LogP contribution in [0, 0.1) is 0 Å². The minimum atomic E-state index is -4.50. The number of pyridine rings is 4. The molecule has 0 aromatic carbocycles. The summed E-state index contributed by atoms with van der Waals surface area (Å²) in [6.45, 7) is 2.39. The number of isothiocyanates is 1. The van der Waals surface area contributed by atoms with Crippen LogP contribution in [0.3, 0.4) is 0 Å². The molecule has 6 rings (SSSR count). The summed E-state index contributed by atoms with van der Waals surface area (Å²) in [5.74, 6) is -0.456. The maximum Gasteiger partial charge on any atom is 2.00 e. The quantitative estimate of drug-likeness (QED) is 0.0119. The van der Waals surface area contributed by atoms with Crippen molar-refractivity contribution in [2.24, 2.45) is 0 Å². The largest absolute Gasteiger partial charge is 2.00 e. The van der Waals surface area contributed by atoms with E-state index >= 15 is 0 Å². The van der Waals surface area contributed by atoms with E-state index in [1.807, 2.05) is 12.2 Å². The molecule has 75 heavy (non-hydrogen) atoms. The number of nitrogens with zero attached hydrogens (tertiary/aromatic N) is 7. The van der Waals surface area contributed by atoms with Crippen molar-refractivity contribution in [3.63, 3.8) is 0 Å². The number of alkyl halides is 9. The number of carbonyl (C=O) groups excluding carboxylic acids is 3. The van der Waals surface area contributed by atoms with E-state index in [9.17, 15) is 53.9 Å². The summed E-state index contributed by atoms with van der Waals surface area (Å²) in [7, 11) is 0. The Bertz CT molecular complexity index is 2810. The number of rotatable bonds is 22. The molecule has 13 nitrogen and oxygen atoms in total. The van der Waals surface area contributed by atoms with Gasteiger partial charge in [0.1, 0.15) is 23.0 Å². The van der Waals surface area contributed by atoms with Crippen LogP contribution in [-0.4, -0.2) is 62.0 Å². The Morgan fingerprint density at radius 2 is 1.20 bits per heavy atom. The molecule has 0 saturated heterocycles. The third-order valence-electron chi connectivity index (χ3n) is 9.71. The second kappa shape index (κ2) is 31.0. The molecule has 0 fully saturated rings. The molecule has 0 aliphatic heterocycles. The van der Waals surface area contributed by atoms with E-state index in [-0.39, 0.29) is 84.6 Å². The van der Waals surface area contributed by atoms with Crippen LogP contribution in [0.5, 0.6) is 5.75 Å². The minimum Gasteiger partial charge on any atom is -0.753 e. The molecule has 0 radical (unpaired) electrons. The van der Waals surface area contributed by atoms with Gasteiger partial charge in [-0.05, 0) is 102 Å². The van der Waals surface area contributed by atoms with Crippen molar-refractivity contribution in [1.29, 1.82) is 0 Å². The standard InChI is InChI=1S/C28H21F6N3O6.C21H21F3N3S.CNS.Ru/c29-27(30,31)5-1-20(41-15-38)9-18-3-7-35-23(11-18)25-13-22(43-17-40)14-26(37-25)24-12-19(4-8-36-24)10-21(42-16-39)2-6-28(32,33)34;1-2-3-4-5-6-16-9-10-17(28-16)8-7-15-11-12-25-18(13-15)19-14-20(27-26-19)21(22,23)24;2-1-3;/h3-4,7-17H,1-2,5-6H2;7-14H,2-6H2,1H3;;/q;2*-1;+2/b20-9+,21-10+;8-7+;;. The molecule has 0 N–H and O–H groups in total. The number of aryl methyl sites for hydroxylation is 1. The van der Waals surface area contributed by atoms with Crippen molar-refractivity contribution >= 4 is 72.4 Å². The number of carbonyl (C=O) groups is 3. The Hall–Kier alpha value is -7.07. The molecule has 0 atom stereocenters. The molecule has 0 spiro atoms. The van der Waals surface area contributed by atoms with Crippen LogP contribution in [0.2, 0.25) is 0 Å². The molecule has 6 aromatic heterocycles. The summed E-state index contributed by atoms with van der Waals surface area (Å²) in [6, 6.07) is 17.2.